The molecule has 4 rings (SSSR count). The molecule has 9 nitrogen and oxygen atoms in total. The van der Waals surface area contributed by atoms with Crippen LogP contribution in [0, 0.1) is 0 Å². The maximum atomic E-state index is 12.6. The Bertz CT molecular complexity index is 1130. The van der Waals surface area contributed by atoms with Crippen molar-refractivity contribution in [1.82, 2.24) is 19.8 Å². The number of benzene rings is 1. The Hall–Kier alpha value is -2.86. The summed E-state index contributed by atoms with van der Waals surface area (Å²) in [6.45, 7) is 1.90. The van der Waals surface area contributed by atoms with Crippen LogP contribution in [0.25, 0.3) is 10.6 Å². The van der Waals surface area contributed by atoms with E-state index in [9.17, 15) is 13.2 Å². The SMILES string of the molecule is O=C(NCCOc1ccc(-c2cccs2)nn1)c1ccc(S(=O)(=O)N2CCOCC2)cc1. The number of sulfonamides is 1. The van der Waals surface area contributed by atoms with Crippen molar-refractivity contribution in [1.29, 1.82) is 0 Å². The molecule has 168 valence electrons. The minimum Gasteiger partial charge on any atom is -0.475 e. The summed E-state index contributed by atoms with van der Waals surface area (Å²) >= 11 is 1.58. The number of rotatable bonds is 8. The Morgan fingerprint density at radius 2 is 1.88 bits per heavy atom. The largest absolute Gasteiger partial charge is 0.475 e. The topological polar surface area (TPSA) is 111 Å². The Morgan fingerprint density at radius 1 is 1.09 bits per heavy atom. The van der Waals surface area contributed by atoms with Crippen LogP contribution in [0.15, 0.2) is 58.8 Å². The number of ether oxygens (including phenoxy) is 2. The highest BCUT2D eigenvalue weighted by atomic mass is 32.2. The summed E-state index contributed by atoms with van der Waals surface area (Å²) in [5, 5.41) is 12.9. The normalized spacial score (nSPS) is 14.8. The van der Waals surface area contributed by atoms with Crippen LogP contribution in [0.4, 0.5) is 0 Å². The van der Waals surface area contributed by atoms with Gasteiger partial charge in [0, 0.05) is 24.7 Å². The van der Waals surface area contributed by atoms with Gasteiger partial charge in [-0.2, -0.15) is 4.31 Å². The molecule has 1 aliphatic rings. The van der Waals surface area contributed by atoms with E-state index in [0.29, 0.717) is 37.7 Å². The van der Waals surface area contributed by atoms with Crippen molar-refractivity contribution in [3.05, 3.63) is 59.5 Å². The molecule has 32 heavy (non-hydrogen) atoms. The first-order valence-corrected chi connectivity index (χ1v) is 12.3. The minimum atomic E-state index is -3.58. The van der Waals surface area contributed by atoms with Crippen molar-refractivity contribution in [2.45, 2.75) is 4.90 Å². The Kier molecular flexibility index (Phi) is 7.10. The summed E-state index contributed by atoms with van der Waals surface area (Å²) < 4.78 is 37.4. The molecule has 1 aliphatic heterocycles. The summed E-state index contributed by atoms with van der Waals surface area (Å²) in [6.07, 6.45) is 0. The minimum absolute atomic E-state index is 0.156. The second kappa shape index (κ2) is 10.2. The van der Waals surface area contributed by atoms with Gasteiger partial charge >= 0.3 is 0 Å². The Balaban J connectivity index is 1.25. The van der Waals surface area contributed by atoms with E-state index < -0.39 is 10.0 Å². The fourth-order valence-electron chi connectivity index (χ4n) is 3.09. The number of morpholine rings is 1. The first-order valence-electron chi connectivity index (χ1n) is 10.0. The number of nitrogens with one attached hydrogen (secondary N) is 1. The number of carbonyl (C=O) groups is 1. The monoisotopic (exact) mass is 474 g/mol. The Morgan fingerprint density at radius 3 is 2.53 bits per heavy atom. The van der Waals surface area contributed by atoms with E-state index in [-0.39, 0.29) is 24.0 Å². The second-order valence-corrected chi connectivity index (χ2v) is 9.76. The van der Waals surface area contributed by atoms with E-state index in [0.717, 1.165) is 10.6 Å². The molecule has 1 fully saturated rings. The van der Waals surface area contributed by atoms with Gasteiger partial charge in [0.05, 0.1) is 29.5 Å². The highest BCUT2D eigenvalue weighted by Gasteiger charge is 2.26. The molecule has 0 unspecified atom stereocenters. The predicted octanol–water partition coefficient (Wildman–Crippen LogP) is 2.03. The lowest BCUT2D eigenvalue weighted by Gasteiger charge is -2.26. The molecular formula is C21H22N4O5S2. The summed E-state index contributed by atoms with van der Waals surface area (Å²) in [5.74, 6) is 0.0558. The summed E-state index contributed by atoms with van der Waals surface area (Å²) in [5.41, 5.74) is 1.14. The number of nitrogens with zero attached hydrogens (tertiary/aromatic N) is 3. The summed E-state index contributed by atoms with van der Waals surface area (Å²) in [6, 6.07) is 13.4. The van der Waals surface area contributed by atoms with Crippen LogP contribution < -0.4 is 10.1 Å². The van der Waals surface area contributed by atoms with Gasteiger partial charge in [-0.3, -0.25) is 4.79 Å². The lowest BCUT2D eigenvalue weighted by molar-refractivity contribution is 0.0730. The van der Waals surface area contributed by atoms with Crippen molar-refractivity contribution < 1.29 is 22.7 Å². The molecule has 3 heterocycles. The third-order valence-corrected chi connectivity index (χ3v) is 7.58. The maximum Gasteiger partial charge on any atom is 0.251 e. The quantitative estimate of drug-likeness (QED) is 0.497. The van der Waals surface area contributed by atoms with E-state index >= 15 is 0 Å². The number of hydrogen-bond acceptors (Lipinski definition) is 8. The second-order valence-electron chi connectivity index (χ2n) is 6.88. The molecule has 0 aliphatic carbocycles. The van der Waals surface area contributed by atoms with Crippen molar-refractivity contribution >= 4 is 27.3 Å². The van der Waals surface area contributed by atoms with Crippen LogP contribution in [-0.2, 0) is 14.8 Å². The number of thiophene rings is 1. The van der Waals surface area contributed by atoms with Crippen LogP contribution in [0.2, 0.25) is 0 Å². The molecule has 1 amide bonds. The van der Waals surface area contributed by atoms with E-state index in [1.807, 2.05) is 23.6 Å². The van der Waals surface area contributed by atoms with Gasteiger partial charge in [-0.15, -0.1) is 21.5 Å². The molecular weight excluding hydrogens is 452 g/mol. The zero-order chi connectivity index (χ0) is 22.4. The van der Waals surface area contributed by atoms with Crippen molar-refractivity contribution in [3.63, 3.8) is 0 Å². The van der Waals surface area contributed by atoms with Gasteiger partial charge in [-0.25, -0.2) is 8.42 Å². The lowest BCUT2D eigenvalue weighted by Crippen LogP contribution is -2.40. The fourth-order valence-corrected chi connectivity index (χ4v) is 5.19. The highest BCUT2D eigenvalue weighted by molar-refractivity contribution is 7.89. The molecule has 1 N–H and O–H groups in total. The molecule has 0 radical (unpaired) electrons. The van der Waals surface area contributed by atoms with Crippen LogP contribution in [-0.4, -0.2) is 68.3 Å². The first-order chi connectivity index (χ1) is 15.5. The standard InChI is InChI=1S/C21H22N4O5S2/c26-21(16-3-5-17(6-4-16)32(27,28)25-10-13-29-14-11-25)22-9-12-30-20-8-7-18(23-24-20)19-2-1-15-31-19/h1-8,15H,9-14H2,(H,22,26). The summed E-state index contributed by atoms with van der Waals surface area (Å²) in [4.78, 5) is 13.5. The van der Waals surface area contributed by atoms with Crippen molar-refractivity contribution in [2.75, 3.05) is 39.5 Å². The number of amides is 1. The zero-order valence-electron chi connectivity index (χ0n) is 17.1. The fraction of sp³-hybridized carbons (Fsp3) is 0.286. The number of carbonyl (C=O) groups excluding carboxylic acids is 1. The van der Waals surface area contributed by atoms with Crippen molar-refractivity contribution in [3.8, 4) is 16.5 Å². The number of hydrogen-bond donors (Lipinski definition) is 1. The van der Waals surface area contributed by atoms with Gasteiger partial charge in [0.2, 0.25) is 15.9 Å². The van der Waals surface area contributed by atoms with Gasteiger partial charge in [-0.1, -0.05) is 6.07 Å². The molecule has 11 heteroatoms. The highest BCUT2D eigenvalue weighted by Crippen LogP contribution is 2.22. The van der Waals surface area contributed by atoms with Gasteiger partial charge in [-0.05, 0) is 41.8 Å². The van der Waals surface area contributed by atoms with E-state index in [4.69, 9.17) is 9.47 Å². The predicted molar refractivity (Wildman–Crippen MR) is 119 cm³/mol. The third-order valence-electron chi connectivity index (χ3n) is 4.78. The van der Waals surface area contributed by atoms with Crippen LogP contribution >= 0.6 is 11.3 Å². The molecule has 0 atom stereocenters. The van der Waals surface area contributed by atoms with E-state index in [2.05, 4.69) is 15.5 Å². The van der Waals surface area contributed by atoms with Gasteiger partial charge in [0.25, 0.3) is 5.91 Å². The molecule has 1 saturated heterocycles. The van der Waals surface area contributed by atoms with Crippen LogP contribution in [0.3, 0.4) is 0 Å². The zero-order valence-corrected chi connectivity index (χ0v) is 18.8. The van der Waals surface area contributed by atoms with E-state index in [1.165, 1.54) is 28.6 Å². The molecule has 2 aromatic heterocycles. The number of aromatic nitrogens is 2. The van der Waals surface area contributed by atoms with Crippen molar-refractivity contribution in [2.24, 2.45) is 0 Å². The van der Waals surface area contributed by atoms with Crippen LogP contribution in [0.5, 0.6) is 5.88 Å². The first kappa shape index (κ1) is 22.3. The molecule has 0 bridgehead atoms. The molecule has 0 spiro atoms. The van der Waals surface area contributed by atoms with Crippen LogP contribution in [0.1, 0.15) is 10.4 Å². The smallest absolute Gasteiger partial charge is 0.251 e. The maximum absolute atomic E-state index is 12.6. The molecule has 1 aromatic carbocycles. The Labute approximate surface area is 190 Å². The van der Waals surface area contributed by atoms with Gasteiger partial charge < -0.3 is 14.8 Å². The van der Waals surface area contributed by atoms with Gasteiger partial charge in [0.1, 0.15) is 12.3 Å². The molecule has 0 saturated carbocycles. The molecule has 3 aromatic rings. The van der Waals surface area contributed by atoms with Gasteiger partial charge in [0.15, 0.2) is 0 Å². The average Bonchev–Trinajstić information content (AvgIpc) is 3.38. The average molecular weight is 475 g/mol. The van der Waals surface area contributed by atoms with E-state index in [1.54, 1.807) is 17.4 Å². The summed E-state index contributed by atoms with van der Waals surface area (Å²) in [7, 11) is -3.58. The lowest BCUT2D eigenvalue weighted by atomic mass is 10.2. The third kappa shape index (κ3) is 5.30.